The number of aromatic nitrogens is 4. The molecule has 10 N–H and O–H groups in total. The number of rotatable bonds is 18. The summed E-state index contributed by atoms with van der Waals surface area (Å²) in [5.41, 5.74) is 19.2. The monoisotopic (exact) mass is 829 g/mol. The van der Waals surface area contributed by atoms with Crippen molar-refractivity contribution in [3.63, 3.8) is 0 Å². The number of hydrogen-bond acceptors (Lipinski definition) is 12. The zero-order valence-electron chi connectivity index (χ0n) is 36.0. The second kappa shape index (κ2) is 20.5. The summed E-state index contributed by atoms with van der Waals surface area (Å²) in [6, 6.07) is 5.80. The quantitative estimate of drug-likeness (QED) is 0.0680. The lowest BCUT2D eigenvalue weighted by Crippen LogP contribution is -2.39. The van der Waals surface area contributed by atoms with Gasteiger partial charge in [0.1, 0.15) is 0 Å². The largest absolute Gasteiger partial charge is 0.469 e. The summed E-state index contributed by atoms with van der Waals surface area (Å²) in [5, 5.41) is 25.5. The molecule has 0 saturated heterocycles. The standard InChI is InChI=1S/C44H63N9O7/c1-8-29-23(2)32-20-37-40(27(6)55)25(4)34(50-37)18-33-24(3)30(9-10-38(57)47-13-16-53(14-11-45)15-12-46)42(51-33)31(17-39(58)60-7)43-41(44(59)48-21-28(56)22-54)26(5)35(52-43)19-36(29)49-32/h18-20,23-24,28-30,50,52,54,56H,8-17,21-22,45-46H2,1-7H3,(H,47,57)(H,48,59)/t23-,24+,28?,29-,30+/m1/s1. The van der Waals surface area contributed by atoms with Crippen molar-refractivity contribution in [1.82, 2.24) is 35.5 Å². The van der Waals surface area contributed by atoms with Crippen molar-refractivity contribution < 1.29 is 34.1 Å². The molecule has 3 aromatic rings. The Kier molecular flexibility index (Phi) is 15.7. The minimum atomic E-state index is -1.19. The van der Waals surface area contributed by atoms with Crippen LogP contribution < -0.4 is 22.1 Å². The Hall–Kier alpha value is -5.00. The van der Waals surface area contributed by atoms with Gasteiger partial charge in [0.05, 0.1) is 48.5 Å². The number of fused-ring (bicyclic) bond motifs is 8. The zero-order valence-corrected chi connectivity index (χ0v) is 36.0. The highest BCUT2D eigenvalue weighted by Gasteiger charge is 2.34. The number of aliphatic hydroxyl groups is 2. The number of ketones is 1. The number of ether oxygens (including phenoxy) is 1. The second-order valence-electron chi connectivity index (χ2n) is 16.0. The van der Waals surface area contributed by atoms with Crippen LogP contribution in [0.4, 0.5) is 0 Å². The van der Waals surface area contributed by atoms with Crippen molar-refractivity contribution in [2.75, 3.05) is 59.5 Å². The van der Waals surface area contributed by atoms with E-state index >= 15 is 0 Å². The summed E-state index contributed by atoms with van der Waals surface area (Å²) in [5.74, 6) is -1.95. The number of carbonyl (C=O) groups excluding carboxylic acids is 4. The van der Waals surface area contributed by atoms with Crippen molar-refractivity contribution >= 4 is 45.6 Å². The van der Waals surface area contributed by atoms with Crippen LogP contribution in [0.25, 0.3) is 22.1 Å². The highest BCUT2D eigenvalue weighted by Crippen LogP contribution is 2.43. The molecule has 2 aliphatic heterocycles. The summed E-state index contributed by atoms with van der Waals surface area (Å²) < 4.78 is 5.22. The number of nitrogens with one attached hydrogen (secondary N) is 4. The molecule has 5 atom stereocenters. The van der Waals surface area contributed by atoms with Crippen molar-refractivity contribution in [2.24, 2.45) is 11.5 Å². The lowest BCUT2D eigenvalue weighted by Gasteiger charge is -2.21. The zero-order chi connectivity index (χ0) is 43.8. The molecule has 5 rings (SSSR count). The number of methoxy groups -OCH3 is 1. The molecule has 0 aliphatic carbocycles. The molecule has 60 heavy (non-hydrogen) atoms. The van der Waals surface area contributed by atoms with Crippen LogP contribution in [0.3, 0.4) is 0 Å². The highest BCUT2D eigenvalue weighted by atomic mass is 16.5. The van der Waals surface area contributed by atoms with Crippen LogP contribution in [0.2, 0.25) is 0 Å². The number of Topliss-reactive ketones (excluding diaryl/α,β-unsaturated/α-hetero) is 1. The van der Waals surface area contributed by atoms with Crippen LogP contribution in [-0.2, 0) is 20.7 Å². The van der Waals surface area contributed by atoms with E-state index in [1.165, 1.54) is 7.11 Å². The first kappa shape index (κ1) is 46.1. The summed E-state index contributed by atoms with van der Waals surface area (Å²) in [6.07, 6.45) is -0.152. The van der Waals surface area contributed by atoms with Gasteiger partial charge in [-0.1, -0.05) is 20.8 Å². The normalized spacial score (nSPS) is 18.1. The average Bonchev–Trinajstić information content (AvgIpc) is 3.90. The molecule has 16 heteroatoms. The molecule has 5 heterocycles. The Morgan fingerprint density at radius 2 is 1.50 bits per heavy atom. The maximum Gasteiger partial charge on any atom is 0.310 e. The van der Waals surface area contributed by atoms with Gasteiger partial charge >= 0.3 is 5.97 Å². The van der Waals surface area contributed by atoms with Crippen LogP contribution in [0.15, 0.2) is 18.2 Å². The average molecular weight is 830 g/mol. The lowest BCUT2D eigenvalue weighted by atomic mass is 9.85. The molecule has 0 spiro atoms. The van der Waals surface area contributed by atoms with Gasteiger partial charge in [0.2, 0.25) is 5.91 Å². The number of nitrogens with zero attached hydrogens (tertiary/aromatic N) is 3. The molecule has 0 aromatic carbocycles. The molecule has 3 aromatic heterocycles. The molecule has 2 amide bonds. The van der Waals surface area contributed by atoms with E-state index in [-0.39, 0.29) is 60.3 Å². The van der Waals surface area contributed by atoms with E-state index in [0.29, 0.717) is 95.8 Å². The minimum absolute atomic E-state index is 0.0106. The third-order valence-electron chi connectivity index (χ3n) is 12.1. The smallest absolute Gasteiger partial charge is 0.310 e. The summed E-state index contributed by atoms with van der Waals surface area (Å²) in [6.45, 7) is 14.0. The van der Waals surface area contributed by atoms with Crippen LogP contribution in [0.1, 0.15) is 131 Å². The Balaban J connectivity index is 1.80. The Labute approximate surface area is 351 Å². The Morgan fingerprint density at radius 1 is 0.883 bits per heavy atom. The van der Waals surface area contributed by atoms with Crippen molar-refractivity contribution in [2.45, 2.75) is 97.0 Å². The highest BCUT2D eigenvalue weighted by molar-refractivity contribution is 6.06. The van der Waals surface area contributed by atoms with Gasteiger partial charge < -0.3 is 47.0 Å². The van der Waals surface area contributed by atoms with Crippen molar-refractivity contribution in [3.8, 4) is 0 Å². The van der Waals surface area contributed by atoms with Gasteiger partial charge in [0, 0.05) is 115 Å². The molecule has 8 bridgehead atoms. The fourth-order valence-corrected chi connectivity index (χ4v) is 8.64. The topological polar surface area (TPSA) is 255 Å². The Bertz CT molecular complexity index is 2230. The van der Waals surface area contributed by atoms with Gasteiger partial charge in [-0.2, -0.15) is 0 Å². The van der Waals surface area contributed by atoms with E-state index in [4.69, 9.17) is 26.2 Å². The van der Waals surface area contributed by atoms with Crippen LogP contribution in [-0.4, -0.2) is 124 Å². The maximum absolute atomic E-state index is 14.2. The van der Waals surface area contributed by atoms with Crippen LogP contribution in [0, 0.1) is 13.8 Å². The third kappa shape index (κ3) is 10.1. The van der Waals surface area contributed by atoms with E-state index in [1.54, 1.807) is 13.8 Å². The molecule has 1 unspecified atom stereocenters. The van der Waals surface area contributed by atoms with E-state index < -0.39 is 24.6 Å². The van der Waals surface area contributed by atoms with Crippen LogP contribution in [0.5, 0.6) is 0 Å². The number of hydrogen-bond donors (Lipinski definition) is 8. The fourth-order valence-electron chi connectivity index (χ4n) is 8.64. The van der Waals surface area contributed by atoms with Gasteiger partial charge in [-0.3, -0.25) is 34.0 Å². The summed E-state index contributed by atoms with van der Waals surface area (Å²) in [7, 11) is 1.30. The summed E-state index contributed by atoms with van der Waals surface area (Å²) >= 11 is 0. The number of carbonyl (C=O) groups is 4. The number of amides is 2. The van der Waals surface area contributed by atoms with Gasteiger partial charge in [0.15, 0.2) is 5.78 Å². The molecule has 0 saturated carbocycles. The van der Waals surface area contributed by atoms with Gasteiger partial charge in [-0.25, -0.2) is 0 Å². The maximum atomic E-state index is 14.2. The third-order valence-corrected chi connectivity index (χ3v) is 12.1. The molecule has 0 radical (unpaired) electrons. The first-order valence-corrected chi connectivity index (χ1v) is 21.0. The molecular weight excluding hydrogens is 767 g/mol. The number of nitrogens with two attached hydrogens (primary N) is 2. The van der Waals surface area contributed by atoms with E-state index in [0.717, 1.165) is 23.4 Å². The van der Waals surface area contributed by atoms with E-state index in [2.05, 4.69) is 39.3 Å². The molecule has 16 nitrogen and oxygen atoms in total. The molecule has 0 fully saturated rings. The number of H-pyrrole nitrogens is 2. The predicted molar refractivity (Wildman–Crippen MR) is 231 cm³/mol. The molecule has 326 valence electrons. The first-order chi connectivity index (χ1) is 28.7. The predicted octanol–water partition coefficient (Wildman–Crippen LogP) is 3.23. The van der Waals surface area contributed by atoms with Crippen molar-refractivity contribution in [3.05, 3.63) is 68.8 Å². The van der Waals surface area contributed by atoms with E-state index in [9.17, 15) is 29.4 Å². The Morgan fingerprint density at radius 3 is 2.13 bits per heavy atom. The fraction of sp³-hybridized carbons (Fsp3) is 0.545. The van der Waals surface area contributed by atoms with Gasteiger partial charge in [0.25, 0.3) is 5.91 Å². The van der Waals surface area contributed by atoms with Gasteiger partial charge in [-0.05, 0) is 62.9 Å². The lowest BCUT2D eigenvalue weighted by molar-refractivity contribution is -0.139. The van der Waals surface area contributed by atoms with Crippen LogP contribution >= 0.6 is 0 Å². The number of aryl methyl sites for hydroxylation is 2. The number of esters is 1. The number of aliphatic hydroxyl groups excluding tert-OH is 2. The van der Waals surface area contributed by atoms with Crippen molar-refractivity contribution in [1.29, 1.82) is 0 Å². The number of aromatic amines is 2. The van der Waals surface area contributed by atoms with E-state index in [1.807, 2.05) is 32.0 Å². The molecular formula is C44H63N9O7. The second-order valence-corrected chi connectivity index (χ2v) is 16.0. The SMILES string of the molecule is CC[C@H]1c2cc3[nH]c(c(CC(=O)OC)c4nc(cc5[nH]c(cc(n2)[C@@H]1C)c(C(C)=O)c5C)[C@@H](C)[C@@H]4CCC(=O)NCCN(CCN)CCN)c(C(=O)NCC(O)CO)c3C. The summed E-state index contributed by atoms with van der Waals surface area (Å²) in [4.78, 5) is 73.6. The minimum Gasteiger partial charge on any atom is -0.469 e. The molecule has 2 aliphatic rings. The van der Waals surface area contributed by atoms with Gasteiger partial charge in [-0.15, -0.1) is 0 Å². The first-order valence-electron chi connectivity index (χ1n) is 21.0.